The van der Waals surface area contributed by atoms with Gasteiger partial charge in [-0.25, -0.2) is 9.78 Å². The summed E-state index contributed by atoms with van der Waals surface area (Å²) in [4.78, 5) is 44.6. The highest BCUT2D eigenvalue weighted by molar-refractivity contribution is 6.03. The molecule has 2 heterocycles. The van der Waals surface area contributed by atoms with Crippen molar-refractivity contribution in [3.63, 3.8) is 0 Å². The van der Waals surface area contributed by atoms with Crippen LogP contribution in [0.3, 0.4) is 0 Å². The Morgan fingerprint density at radius 2 is 2.05 bits per heavy atom. The summed E-state index contributed by atoms with van der Waals surface area (Å²) in [7, 11) is 1.29. The van der Waals surface area contributed by atoms with E-state index in [9.17, 15) is 14.4 Å². The van der Waals surface area contributed by atoms with Crippen molar-refractivity contribution in [1.82, 2.24) is 19.5 Å². The first kappa shape index (κ1) is 12.9. The van der Waals surface area contributed by atoms with Crippen LogP contribution >= 0.6 is 0 Å². The lowest BCUT2D eigenvalue weighted by Gasteiger charge is -2.02. The first-order valence-electron chi connectivity index (χ1n) is 6.11. The highest BCUT2D eigenvalue weighted by atomic mass is 16.2. The molecule has 3 aromatic rings. The van der Waals surface area contributed by atoms with Crippen LogP contribution in [0.2, 0.25) is 0 Å². The van der Waals surface area contributed by atoms with Gasteiger partial charge in [-0.3, -0.25) is 19.5 Å². The number of hydrogen-bond donors (Lipinski definition) is 3. The van der Waals surface area contributed by atoms with Gasteiger partial charge < -0.3 is 9.97 Å². The van der Waals surface area contributed by atoms with Crippen molar-refractivity contribution < 1.29 is 4.79 Å². The number of para-hydroxylation sites is 2. The van der Waals surface area contributed by atoms with E-state index in [4.69, 9.17) is 0 Å². The number of carbonyl (C=O) groups excluding carboxylic acids is 1. The van der Waals surface area contributed by atoms with Crippen molar-refractivity contribution in [1.29, 1.82) is 0 Å². The zero-order valence-electron chi connectivity index (χ0n) is 11.0. The molecule has 0 aliphatic rings. The van der Waals surface area contributed by atoms with E-state index < -0.39 is 17.2 Å². The van der Waals surface area contributed by atoms with Crippen LogP contribution in [0, 0.1) is 0 Å². The van der Waals surface area contributed by atoms with Gasteiger partial charge in [0, 0.05) is 13.2 Å². The number of amides is 1. The van der Waals surface area contributed by atoms with E-state index in [0.29, 0.717) is 5.52 Å². The predicted molar refractivity (Wildman–Crippen MR) is 76.4 cm³/mol. The lowest BCUT2D eigenvalue weighted by molar-refractivity contribution is 0.102. The molecule has 2 aromatic heterocycles. The van der Waals surface area contributed by atoms with Gasteiger partial charge in [0.1, 0.15) is 5.56 Å². The highest BCUT2D eigenvalue weighted by Gasteiger charge is 2.14. The SMILES string of the molecule is Cn1c(=O)[nH]cc(C(=O)Nc2nc3ccccc3[nH]2)c1=O. The molecule has 106 valence electrons. The first-order chi connectivity index (χ1) is 10.1. The van der Waals surface area contributed by atoms with Crippen LogP contribution in [0.5, 0.6) is 0 Å². The first-order valence-corrected chi connectivity index (χ1v) is 6.11. The van der Waals surface area contributed by atoms with Gasteiger partial charge in [-0.05, 0) is 12.1 Å². The van der Waals surface area contributed by atoms with Crippen molar-refractivity contribution in [3.8, 4) is 0 Å². The Morgan fingerprint density at radius 1 is 1.29 bits per heavy atom. The van der Waals surface area contributed by atoms with Gasteiger partial charge in [-0.2, -0.15) is 0 Å². The highest BCUT2D eigenvalue weighted by Crippen LogP contribution is 2.13. The van der Waals surface area contributed by atoms with E-state index in [2.05, 4.69) is 20.3 Å². The van der Waals surface area contributed by atoms with Gasteiger partial charge in [-0.15, -0.1) is 0 Å². The molecule has 0 saturated heterocycles. The van der Waals surface area contributed by atoms with E-state index >= 15 is 0 Å². The number of fused-ring (bicyclic) bond motifs is 1. The fraction of sp³-hybridized carbons (Fsp3) is 0.0769. The van der Waals surface area contributed by atoms with Gasteiger partial charge in [0.15, 0.2) is 0 Å². The van der Waals surface area contributed by atoms with Crippen molar-refractivity contribution in [2.24, 2.45) is 7.05 Å². The Kier molecular flexibility index (Phi) is 2.90. The number of H-pyrrole nitrogens is 2. The van der Waals surface area contributed by atoms with E-state index in [-0.39, 0.29) is 11.5 Å². The summed E-state index contributed by atoms with van der Waals surface area (Å²) < 4.78 is 0.827. The lowest BCUT2D eigenvalue weighted by atomic mass is 10.3. The molecule has 1 amide bonds. The van der Waals surface area contributed by atoms with Crippen LogP contribution in [0.25, 0.3) is 11.0 Å². The Morgan fingerprint density at radius 3 is 2.81 bits per heavy atom. The monoisotopic (exact) mass is 285 g/mol. The van der Waals surface area contributed by atoms with E-state index in [1.165, 1.54) is 7.05 Å². The molecule has 0 saturated carbocycles. The number of benzene rings is 1. The summed E-state index contributed by atoms with van der Waals surface area (Å²) in [6.45, 7) is 0. The lowest BCUT2D eigenvalue weighted by Crippen LogP contribution is -2.37. The van der Waals surface area contributed by atoms with Crippen molar-refractivity contribution >= 4 is 22.9 Å². The third-order valence-corrected chi connectivity index (χ3v) is 3.05. The van der Waals surface area contributed by atoms with E-state index in [1.54, 1.807) is 6.07 Å². The minimum absolute atomic E-state index is 0.169. The van der Waals surface area contributed by atoms with Gasteiger partial charge in [-0.1, -0.05) is 12.1 Å². The number of nitrogens with one attached hydrogen (secondary N) is 3. The van der Waals surface area contributed by atoms with Gasteiger partial charge in [0.25, 0.3) is 11.5 Å². The van der Waals surface area contributed by atoms with Crippen LogP contribution < -0.4 is 16.6 Å². The molecule has 0 unspecified atom stereocenters. The molecule has 8 nitrogen and oxygen atoms in total. The zero-order chi connectivity index (χ0) is 15.0. The van der Waals surface area contributed by atoms with Gasteiger partial charge >= 0.3 is 5.69 Å². The molecule has 0 fully saturated rings. The molecule has 0 atom stereocenters. The van der Waals surface area contributed by atoms with Crippen molar-refractivity contribution in [3.05, 3.63) is 56.9 Å². The van der Waals surface area contributed by atoms with Gasteiger partial charge in [0.2, 0.25) is 5.95 Å². The molecule has 0 aliphatic carbocycles. The molecular formula is C13H11N5O3. The summed E-state index contributed by atoms with van der Waals surface area (Å²) in [5, 5.41) is 2.49. The second-order valence-corrected chi connectivity index (χ2v) is 4.43. The maximum Gasteiger partial charge on any atom is 0.328 e. The van der Waals surface area contributed by atoms with Crippen LogP contribution in [0.4, 0.5) is 5.95 Å². The summed E-state index contributed by atoms with van der Waals surface area (Å²) in [5.74, 6) is -0.416. The minimum atomic E-state index is -0.674. The van der Waals surface area contributed by atoms with Crippen LogP contribution in [0.15, 0.2) is 40.1 Å². The number of rotatable bonds is 2. The predicted octanol–water partition coefficient (Wildman–Crippen LogP) is 0.202. The molecule has 0 bridgehead atoms. The largest absolute Gasteiger partial charge is 0.328 e. The number of hydrogen-bond acceptors (Lipinski definition) is 4. The molecule has 3 rings (SSSR count). The number of aromatic amines is 2. The zero-order valence-corrected chi connectivity index (χ0v) is 11.0. The molecule has 21 heavy (non-hydrogen) atoms. The fourth-order valence-corrected chi connectivity index (χ4v) is 1.91. The second kappa shape index (κ2) is 4.75. The molecule has 0 radical (unpaired) electrons. The molecule has 3 N–H and O–H groups in total. The summed E-state index contributed by atoms with van der Waals surface area (Å²) in [6, 6.07) is 7.27. The topological polar surface area (TPSA) is 113 Å². The normalized spacial score (nSPS) is 10.7. The Labute approximate surface area is 117 Å². The third-order valence-electron chi connectivity index (χ3n) is 3.05. The van der Waals surface area contributed by atoms with E-state index in [1.807, 2.05) is 18.2 Å². The van der Waals surface area contributed by atoms with Gasteiger partial charge in [0.05, 0.1) is 11.0 Å². The average molecular weight is 285 g/mol. The smallest absolute Gasteiger partial charge is 0.324 e. The third kappa shape index (κ3) is 2.22. The number of nitrogens with zero attached hydrogens (tertiary/aromatic N) is 2. The molecule has 8 heteroatoms. The number of carbonyl (C=O) groups is 1. The van der Waals surface area contributed by atoms with Crippen molar-refractivity contribution in [2.75, 3.05) is 5.32 Å². The standard InChI is InChI=1S/C13H11N5O3/c1-18-11(20)7(6-14-13(18)21)10(19)17-12-15-8-4-2-3-5-9(8)16-12/h2-6H,1H3,(H,14,21)(H2,15,16,17,19). The molecular weight excluding hydrogens is 274 g/mol. The maximum atomic E-state index is 12.1. The van der Waals surface area contributed by atoms with Crippen molar-refractivity contribution in [2.45, 2.75) is 0 Å². The number of aromatic nitrogens is 4. The number of anilines is 1. The van der Waals surface area contributed by atoms with Crippen LogP contribution in [-0.2, 0) is 7.05 Å². The quantitative estimate of drug-likeness (QED) is 0.624. The maximum absolute atomic E-state index is 12.1. The van der Waals surface area contributed by atoms with Crippen LogP contribution in [-0.4, -0.2) is 25.4 Å². The summed E-state index contributed by atoms with van der Waals surface area (Å²) in [6.07, 6.45) is 1.09. The van der Waals surface area contributed by atoms with Crippen LogP contribution in [0.1, 0.15) is 10.4 Å². The molecule has 0 aliphatic heterocycles. The Bertz CT molecular complexity index is 917. The second-order valence-electron chi connectivity index (χ2n) is 4.43. The minimum Gasteiger partial charge on any atom is -0.324 e. The molecule has 0 spiro atoms. The fourth-order valence-electron chi connectivity index (χ4n) is 1.91. The Hall–Kier alpha value is -3.16. The Balaban J connectivity index is 1.95. The average Bonchev–Trinajstić information content (AvgIpc) is 2.86. The summed E-state index contributed by atoms with van der Waals surface area (Å²) in [5.41, 5.74) is 0.0366. The molecule has 1 aromatic carbocycles. The summed E-state index contributed by atoms with van der Waals surface area (Å²) >= 11 is 0. The number of imidazole rings is 1. The van der Waals surface area contributed by atoms with E-state index in [0.717, 1.165) is 16.3 Å².